The fraction of sp³-hybridized carbons (Fsp3) is 0.171. The number of allylic oxidation sites excluding steroid dienone is 1. The molecule has 238 valence electrons. The highest BCUT2D eigenvalue weighted by molar-refractivity contribution is 7.21. The van der Waals surface area contributed by atoms with Gasteiger partial charge in [0.1, 0.15) is 5.01 Å². The molecule has 2 atom stereocenters. The maximum Gasteiger partial charge on any atom is 0.290 e. The quantitative estimate of drug-likeness (QED) is 0.172. The van der Waals surface area contributed by atoms with Crippen molar-refractivity contribution in [3.8, 4) is 21.7 Å². The van der Waals surface area contributed by atoms with E-state index >= 15 is 0 Å². The van der Waals surface area contributed by atoms with Gasteiger partial charge in [0.15, 0.2) is 5.76 Å². The van der Waals surface area contributed by atoms with E-state index in [9.17, 15) is 9.90 Å². The molecule has 0 unspecified atom stereocenters. The third kappa shape index (κ3) is 6.04. The fourth-order valence-electron chi connectivity index (χ4n) is 6.64. The number of hydrogen-bond acceptors (Lipinski definition) is 6. The Morgan fingerprint density at radius 3 is 2.56 bits per heavy atom. The van der Waals surface area contributed by atoms with Gasteiger partial charge in [-0.2, -0.15) is 0 Å². The summed E-state index contributed by atoms with van der Waals surface area (Å²) in [6.07, 6.45) is 2.76. The molecule has 5 aromatic carbocycles. The largest absolute Gasteiger partial charge is 0.459 e. The zero-order valence-electron chi connectivity index (χ0n) is 26.5. The minimum Gasteiger partial charge on any atom is -0.459 e. The zero-order valence-corrected chi connectivity index (χ0v) is 27.3. The highest BCUT2D eigenvalue weighted by Crippen LogP contribution is 2.43. The first-order valence-electron chi connectivity index (χ1n) is 16.2. The Kier molecular flexibility index (Phi) is 8.10. The minimum atomic E-state index is -0.622. The number of ether oxygens (including phenoxy) is 2. The number of aryl methyl sites for hydroxylation is 1. The number of aromatic nitrogens is 1. The van der Waals surface area contributed by atoms with Crippen LogP contribution < -0.4 is 5.32 Å². The van der Waals surface area contributed by atoms with Gasteiger partial charge in [0.05, 0.1) is 23.4 Å². The first-order chi connectivity index (χ1) is 23.5. The lowest BCUT2D eigenvalue weighted by Crippen LogP contribution is -2.29. The van der Waals surface area contributed by atoms with Crippen LogP contribution in [-0.4, -0.2) is 22.3 Å². The molecular formula is C41H34N2O4S. The molecular weight excluding hydrogens is 617 g/mol. The third-order valence-corrected chi connectivity index (χ3v) is 10.2. The lowest BCUT2D eigenvalue weighted by atomic mass is 9.87. The molecule has 0 saturated carbocycles. The molecule has 0 fully saturated rings. The Balaban J connectivity index is 1.04. The lowest BCUT2D eigenvalue weighted by molar-refractivity contribution is -0.147. The molecule has 0 bridgehead atoms. The zero-order chi connectivity index (χ0) is 32.6. The molecule has 1 aliphatic carbocycles. The normalized spacial score (nSPS) is 16.6. The molecule has 1 aromatic heterocycles. The molecule has 8 rings (SSSR count). The van der Waals surface area contributed by atoms with Gasteiger partial charge in [-0.15, -0.1) is 11.3 Å². The summed E-state index contributed by atoms with van der Waals surface area (Å²) in [4.78, 5) is 18.6. The topological polar surface area (TPSA) is 80.7 Å². The summed E-state index contributed by atoms with van der Waals surface area (Å²) in [5, 5.41) is 13.4. The number of anilines is 1. The van der Waals surface area contributed by atoms with Gasteiger partial charge in [0, 0.05) is 23.6 Å². The minimum absolute atomic E-state index is 0.00644. The molecule has 6 nitrogen and oxygen atoms in total. The standard InChI is InChI=1S/C41H34N2O4S/c1-25-9-18-36-38(19-25)48-41(43-36)28-14-16-31(17-15-28)42-40(45)37-21-30(22-39(47-37)46-24-27-12-10-26(23-44)11-13-27)33-7-4-8-34-32-6-3-2-5-29(32)20-35(33)34/h2-19,21,30,39,44H,20,22-24H2,1H3,(H,42,45)/t30-,39+/m1/s1. The molecule has 2 heterocycles. The third-order valence-electron chi connectivity index (χ3n) is 9.14. The second-order valence-corrected chi connectivity index (χ2v) is 13.5. The van der Waals surface area contributed by atoms with E-state index in [1.54, 1.807) is 11.3 Å². The Hall–Kier alpha value is -5.08. The van der Waals surface area contributed by atoms with Gasteiger partial charge in [0.25, 0.3) is 5.91 Å². The van der Waals surface area contributed by atoms with E-state index in [1.807, 2.05) is 54.6 Å². The van der Waals surface area contributed by atoms with Crippen LogP contribution in [-0.2, 0) is 33.9 Å². The van der Waals surface area contributed by atoms with Crippen molar-refractivity contribution in [2.75, 3.05) is 5.32 Å². The van der Waals surface area contributed by atoms with Gasteiger partial charge >= 0.3 is 0 Å². The number of carbonyl (C=O) groups excluding carboxylic acids is 1. The van der Waals surface area contributed by atoms with Crippen LogP contribution in [0.15, 0.2) is 121 Å². The lowest BCUT2D eigenvalue weighted by Gasteiger charge is -2.30. The molecule has 1 amide bonds. The Morgan fingerprint density at radius 2 is 1.73 bits per heavy atom. The molecule has 1 aliphatic heterocycles. The summed E-state index contributed by atoms with van der Waals surface area (Å²) in [6, 6.07) is 36.7. The number of fused-ring (bicyclic) bond motifs is 4. The number of rotatable bonds is 8. The number of thiazole rings is 1. The predicted molar refractivity (Wildman–Crippen MR) is 191 cm³/mol. The van der Waals surface area contributed by atoms with Crippen molar-refractivity contribution in [2.24, 2.45) is 0 Å². The molecule has 0 saturated heterocycles. The van der Waals surface area contributed by atoms with Crippen molar-refractivity contribution >= 4 is 33.1 Å². The van der Waals surface area contributed by atoms with Crippen LogP contribution in [0.4, 0.5) is 5.69 Å². The Morgan fingerprint density at radius 1 is 0.938 bits per heavy atom. The maximum atomic E-state index is 13.8. The molecule has 0 spiro atoms. The van der Waals surface area contributed by atoms with Crippen molar-refractivity contribution in [3.05, 3.63) is 154 Å². The molecule has 48 heavy (non-hydrogen) atoms. The second-order valence-electron chi connectivity index (χ2n) is 12.4. The SMILES string of the molecule is Cc1ccc2nc(-c3ccc(NC(=O)C4=C[C@@H](c5cccc6c5Cc5ccccc5-6)C[C@@H](OCc5ccc(CO)cc5)O4)cc3)sc2c1. The Bertz CT molecular complexity index is 2170. The van der Waals surface area contributed by atoms with E-state index in [2.05, 4.69) is 72.9 Å². The van der Waals surface area contributed by atoms with Crippen LogP contribution in [0, 0.1) is 6.92 Å². The van der Waals surface area contributed by atoms with Crippen LogP contribution >= 0.6 is 11.3 Å². The highest BCUT2D eigenvalue weighted by Gasteiger charge is 2.32. The monoisotopic (exact) mass is 650 g/mol. The molecule has 6 aromatic rings. The average molecular weight is 651 g/mol. The van der Waals surface area contributed by atoms with Crippen LogP contribution in [0.3, 0.4) is 0 Å². The first kappa shape index (κ1) is 30.3. The van der Waals surface area contributed by atoms with Gasteiger partial charge in [-0.3, -0.25) is 4.79 Å². The van der Waals surface area contributed by atoms with E-state index in [0.29, 0.717) is 18.7 Å². The average Bonchev–Trinajstić information content (AvgIpc) is 3.72. The first-order valence-corrected chi connectivity index (χ1v) is 17.0. The van der Waals surface area contributed by atoms with Gasteiger partial charge < -0.3 is 19.9 Å². The summed E-state index contributed by atoms with van der Waals surface area (Å²) in [5.74, 6) is -0.152. The van der Waals surface area contributed by atoms with Crippen molar-refractivity contribution < 1.29 is 19.4 Å². The highest BCUT2D eigenvalue weighted by atomic mass is 32.1. The summed E-state index contributed by atoms with van der Waals surface area (Å²) in [6.45, 7) is 2.40. The smallest absolute Gasteiger partial charge is 0.290 e. The van der Waals surface area contributed by atoms with E-state index in [4.69, 9.17) is 14.5 Å². The fourth-order valence-corrected chi connectivity index (χ4v) is 7.71. The predicted octanol–water partition coefficient (Wildman–Crippen LogP) is 8.90. The summed E-state index contributed by atoms with van der Waals surface area (Å²) >= 11 is 1.66. The van der Waals surface area contributed by atoms with Gasteiger partial charge in [0.2, 0.25) is 6.29 Å². The number of benzene rings is 5. The summed E-state index contributed by atoms with van der Waals surface area (Å²) in [5.41, 5.74) is 12.0. The number of aliphatic hydroxyl groups is 1. The number of carbonyl (C=O) groups is 1. The van der Waals surface area contributed by atoms with Crippen LogP contribution in [0.1, 0.15) is 45.7 Å². The number of aliphatic hydroxyl groups excluding tert-OH is 1. The summed E-state index contributed by atoms with van der Waals surface area (Å²) < 4.78 is 13.7. The van der Waals surface area contributed by atoms with Crippen molar-refractivity contribution in [1.82, 2.24) is 4.98 Å². The Labute approximate surface area is 283 Å². The van der Waals surface area contributed by atoms with Gasteiger partial charge in [-0.1, -0.05) is 72.8 Å². The number of hydrogen-bond donors (Lipinski definition) is 2. The molecule has 7 heteroatoms. The number of amides is 1. The molecule has 2 N–H and O–H groups in total. The van der Waals surface area contributed by atoms with Gasteiger partial charge in [-0.05, 0) is 100 Å². The van der Waals surface area contributed by atoms with Gasteiger partial charge in [-0.25, -0.2) is 4.98 Å². The van der Waals surface area contributed by atoms with E-state index in [0.717, 1.165) is 38.3 Å². The second kappa shape index (κ2) is 12.8. The van der Waals surface area contributed by atoms with E-state index in [-0.39, 0.29) is 24.2 Å². The van der Waals surface area contributed by atoms with Crippen molar-refractivity contribution in [1.29, 1.82) is 0 Å². The maximum absolute atomic E-state index is 13.8. The number of nitrogens with zero attached hydrogens (tertiary/aromatic N) is 1. The molecule has 0 radical (unpaired) electrons. The number of nitrogens with one attached hydrogen (secondary N) is 1. The molecule has 2 aliphatic rings. The summed E-state index contributed by atoms with van der Waals surface area (Å²) in [7, 11) is 0. The van der Waals surface area contributed by atoms with Crippen LogP contribution in [0.25, 0.3) is 31.9 Å². The van der Waals surface area contributed by atoms with Crippen molar-refractivity contribution in [3.63, 3.8) is 0 Å². The van der Waals surface area contributed by atoms with E-state index in [1.165, 1.54) is 33.4 Å². The van der Waals surface area contributed by atoms with Crippen LogP contribution in [0.5, 0.6) is 0 Å². The van der Waals surface area contributed by atoms with E-state index < -0.39 is 6.29 Å². The van der Waals surface area contributed by atoms with Crippen LogP contribution in [0.2, 0.25) is 0 Å². The van der Waals surface area contributed by atoms with Crippen molar-refractivity contribution in [2.45, 2.75) is 45.2 Å².